The molecule has 9 heteroatoms. The Balaban J connectivity index is 1.84. The topological polar surface area (TPSA) is 117 Å². The molecule has 3 saturated heterocycles. The number of likely N-dealkylation sites (tertiary alicyclic amines) is 1. The Morgan fingerprint density at radius 2 is 2.03 bits per heavy atom. The monoisotopic (exact) mass is 472 g/mol. The number of carboxylic acids is 1. The highest BCUT2D eigenvalue weighted by atomic mass is 16.5. The molecule has 7 atom stereocenters. The fraction of sp³-hybridized carbons (Fsp3) is 0.560. The van der Waals surface area contributed by atoms with Crippen LogP contribution in [0.5, 0.6) is 5.75 Å². The molecule has 3 aliphatic rings. The number of aliphatic hydroxyl groups is 1. The van der Waals surface area contributed by atoms with Gasteiger partial charge in [0.1, 0.15) is 23.3 Å². The summed E-state index contributed by atoms with van der Waals surface area (Å²) in [6.45, 7) is 8.85. The highest BCUT2D eigenvalue weighted by Crippen LogP contribution is 2.65. The van der Waals surface area contributed by atoms with Gasteiger partial charge in [-0.3, -0.25) is 14.4 Å². The van der Waals surface area contributed by atoms with Gasteiger partial charge in [0.15, 0.2) is 0 Å². The maximum atomic E-state index is 14.2. The van der Waals surface area contributed by atoms with Crippen LogP contribution in [0, 0.1) is 17.8 Å². The lowest BCUT2D eigenvalue weighted by Gasteiger charge is -2.38. The zero-order valence-corrected chi connectivity index (χ0v) is 19.9. The van der Waals surface area contributed by atoms with Crippen LogP contribution in [0.4, 0.5) is 5.69 Å². The Morgan fingerprint density at radius 1 is 1.38 bits per heavy atom. The van der Waals surface area contributed by atoms with Crippen LogP contribution in [0.15, 0.2) is 36.9 Å². The van der Waals surface area contributed by atoms with Gasteiger partial charge in [-0.2, -0.15) is 0 Å². The predicted molar refractivity (Wildman–Crippen MR) is 123 cm³/mol. The number of nitrogens with zero attached hydrogens (tertiary/aromatic N) is 2. The van der Waals surface area contributed by atoms with Crippen LogP contribution in [-0.2, 0) is 19.1 Å². The van der Waals surface area contributed by atoms with Gasteiger partial charge in [-0.1, -0.05) is 13.0 Å². The lowest BCUT2D eigenvalue weighted by Crippen LogP contribution is -2.58. The van der Waals surface area contributed by atoms with Crippen molar-refractivity contribution in [2.45, 2.75) is 50.5 Å². The van der Waals surface area contributed by atoms with E-state index in [1.165, 1.54) is 9.80 Å². The fourth-order valence-corrected chi connectivity index (χ4v) is 6.26. The summed E-state index contributed by atoms with van der Waals surface area (Å²) in [4.78, 5) is 43.1. The number of methoxy groups -OCH3 is 1. The van der Waals surface area contributed by atoms with E-state index in [-0.39, 0.29) is 19.1 Å². The van der Waals surface area contributed by atoms with E-state index in [1.807, 2.05) is 6.92 Å². The zero-order chi connectivity index (χ0) is 25.0. The molecule has 2 bridgehead atoms. The van der Waals surface area contributed by atoms with Gasteiger partial charge in [0.2, 0.25) is 5.91 Å². The van der Waals surface area contributed by atoms with Crippen molar-refractivity contribution >= 4 is 23.5 Å². The third-order valence-corrected chi connectivity index (χ3v) is 7.95. The number of benzene rings is 1. The average Bonchev–Trinajstić information content (AvgIpc) is 3.33. The Bertz CT molecular complexity index is 1010. The molecule has 0 aromatic heterocycles. The third kappa shape index (κ3) is 3.17. The van der Waals surface area contributed by atoms with Crippen LogP contribution >= 0.6 is 0 Å². The largest absolute Gasteiger partial charge is 0.497 e. The third-order valence-electron chi connectivity index (χ3n) is 7.95. The number of carbonyl (C=O) groups excluding carboxylic acids is 2. The number of aliphatic carboxylic acids is 1. The second-order valence-electron chi connectivity index (χ2n) is 9.75. The van der Waals surface area contributed by atoms with Crippen molar-refractivity contribution in [1.29, 1.82) is 0 Å². The Morgan fingerprint density at radius 3 is 2.56 bits per heavy atom. The van der Waals surface area contributed by atoms with E-state index in [2.05, 4.69) is 6.58 Å². The number of rotatable bonds is 8. The van der Waals surface area contributed by atoms with Crippen molar-refractivity contribution in [3.8, 4) is 5.75 Å². The molecule has 184 valence electrons. The number of anilines is 1. The maximum absolute atomic E-state index is 14.2. The van der Waals surface area contributed by atoms with Crippen molar-refractivity contribution < 1.29 is 34.1 Å². The molecule has 4 rings (SSSR count). The lowest BCUT2D eigenvalue weighted by molar-refractivity contribution is -0.157. The van der Waals surface area contributed by atoms with Crippen molar-refractivity contribution in [3.63, 3.8) is 0 Å². The molecule has 0 aliphatic carbocycles. The first-order valence-electron chi connectivity index (χ1n) is 11.5. The fourth-order valence-electron chi connectivity index (χ4n) is 6.26. The van der Waals surface area contributed by atoms with E-state index in [1.54, 1.807) is 51.3 Å². The minimum atomic E-state index is -1.29. The zero-order valence-electron chi connectivity index (χ0n) is 19.9. The van der Waals surface area contributed by atoms with Crippen molar-refractivity contribution in [3.05, 3.63) is 36.9 Å². The number of aliphatic hydroxyl groups excluding tert-OH is 1. The van der Waals surface area contributed by atoms with E-state index >= 15 is 0 Å². The van der Waals surface area contributed by atoms with Crippen molar-refractivity contribution in [2.75, 3.05) is 25.2 Å². The highest BCUT2D eigenvalue weighted by molar-refractivity contribution is 6.05. The van der Waals surface area contributed by atoms with E-state index in [9.17, 15) is 24.6 Å². The molecule has 34 heavy (non-hydrogen) atoms. The Labute approximate surface area is 198 Å². The molecule has 2 N–H and O–H groups in total. The van der Waals surface area contributed by atoms with Crippen LogP contribution in [0.1, 0.15) is 27.2 Å². The smallest absolute Gasteiger partial charge is 0.310 e. The van der Waals surface area contributed by atoms with Gasteiger partial charge in [0, 0.05) is 12.2 Å². The van der Waals surface area contributed by atoms with E-state index in [0.717, 1.165) is 0 Å². The predicted octanol–water partition coefficient (Wildman–Crippen LogP) is 1.69. The molecule has 3 aliphatic heterocycles. The summed E-state index contributed by atoms with van der Waals surface area (Å²) >= 11 is 0. The molecule has 0 radical (unpaired) electrons. The van der Waals surface area contributed by atoms with Gasteiger partial charge in [-0.15, -0.1) is 6.58 Å². The molecular weight excluding hydrogens is 440 g/mol. The average molecular weight is 473 g/mol. The Kier molecular flexibility index (Phi) is 5.98. The molecular formula is C25H32N2O7. The van der Waals surface area contributed by atoms with Crippen molar-refractivity contribution in [1.82, 2.24) is 4.90 Å². The van der Waals surface area contributed by atoms with Crippen LogP contribution in [0.3, 0.4) is 0 Å². The Hall–Kier alpha value is -2.91. The summed E-state index contributed by atoms with van der Waals surface area (Å²) < 4.78 is 11.7. The second-order valence-corrected chi connectivity index (χ2v) is 9.75. The number of ether oxygens (including phenoxy) is 2. The van der Waals surface area contributed by atoms with Gasteiger partial charge < -0.3 is 29.5 Å². The molecule has 1 spiro atoms. The van der Waals surface area contributed by atoms with Crippen molar-refractivity contribution in [2.24, 2.45) is 17.8 Å². The second kappa shape index (κ2) is 8.39. The summed E-state index contributed by atoms with van der Waals surface area (Å²) in [6.07, 6.45) is 1.96. The number of carbonyl (C=O) groups is 3. The standard InChI is InChI=1S/C25H32N2O7/c1-6-11-26(16-7-9-17(33-5)10-8-16)22(30)20-25-12-14(2)24(4,34-25)19(23(31)32)18(25)21(29)27(20)15(3)13-28/h6-10,14-15,18-20,28H,1,11-13H2,2-5H3,(H,31,32)/t14?,15-,18+,19-,20?,24+,25?/m1/s1. The molecule has 9 nitrogen and oxygen atoms in total. The molecule has 3 heterocycles. The first-order chi connectivity index (χ1) is 16.1. The number of hydrogen-bond donors (Lipinski definition) is 2. The summed E-state index contributed by atoms with van der Waals surface area (Å²) in [5, 5.41) is 20.0. The van der Waals surface area contributed by atoms with Gasteiger partial charge in [-0.05, 0) is 50.5 Å². The number of carboxylic acid groups (broad SMARTS) is 1. The SMILES string of the molecule is C=CCN(C(=O)C1N([C@H](C)CO)C(=O)[C@@H]2[C@H](C(=O)O)[C@@]3(C)OC12CC3C)c1ccc(OC)cc1. The maximum Gasteiger partial charge on any atom is 0.310 e. The normalized spacial score (nSPS) is 34.6. The van der Waals surface area contributed by atoms with Gasteiger partial charge in [0.05, 0.1) is 31.3 Å². The molecule has 1 aromatic carbocycles. The summed E-state index contributed by atoms with van der Waals surface area (Å²) in [6, 6.07) is 5.17. The molecule has 3 unspecified atom stereocenters. The number of hydrogen-bond acceptors (Lipinski definition) is 6. The first kappa shape index (κ1) is 24.2. The first-order valence-corrected chi connectivity index (χ1v) is 11.5. The number of fused-ring (bicyclic) bond motifs is 1. The van der Waals surface area contributed by atoms with Crippen LogP contribution < -0.4 is 9.64 Å². The van der Waals surface area contributed by atoms with Crippen LogP contribution in [-0.4, -0.2) is 76.4 Å². The van der Waals surface area contributed by atoms with E-state index in [0.29, 0.717) is 17.9 Å². The minimum absolute atomic E-state index is 0.174. The molecule has 0 saturated carbocycles. The van der Waals surface area contributed by atoms with Crippen LogP contribution in [0.25, 0.3) is 0 Å². The highest BCUT2D eigenvalue weighted by Gasteiger charge is 2.80. The summed E-state index contributed by atoms with van der Waals surface area (Å²) in [5.74, 6) is -3.61. The molecule has 2 amide bonds. The lowest BCUT2D eigenvalue weighted by atomic mass is 9.62. The molecule has 3 fully saturated rings. The summed E-state index contributed by atoms with van der Waals surface area (Å²) in [7, 11) is 1.55. The summed E-state index contributed by atoms with van der Waals surface area (Å²) in [5.41, 5.74) is -1.78. The van der Waals surface area contributed by atoms with E-state index < -0.39 is 52.9 Å². The quantitative estimate of drug-likeness (QED) is 0.553. The van der Waals surface area contributed by atoms with Gasteiger partial charge >= 0.3 is 5.97 Å². The van der Waals surface area contributed by atoms with Crippen LogP contribution in [0.2, 0.25) is 0 Å². The van der Waals surface area contributed by atoms with Gasteiger partial charge in [0.25, 0.3) is 5.91 Å². The minimum Gasteiger partial charge on any atom is -0.497 e. The van der Waals surface area contributed by atoms with E-state index in [4.69, 9.17) is 9.47 Å². The number of amides is 2. The van der Waals surface area contributed by atoms with Gasteiger partial charge in [-0.25, -0.2) is 0 Å². The molecule has 1 aromatic rings.